The summed E-state index contributed by atoms with van der Waals surface area (Å²) in [4.78, 5) is 0. The van der Waals surface area contributed by atoms with Crippen LogP contribution in [0.3, 0.4) is 0 Å². The Morgan fingerprint density at radius 1 is 1.00 bits per heavy atom. The molecule has 0 radical (unpaired) electrons. The lowest BCUT2D eigenvalue weighted by molar-refractivity contribution is 1.51. The van der Waals surface area contributed by atoms with Crippen LogP contribution < -0.4 is 10.4 Å². The highest BCUT2D eigenvalue weighted by Crippen LogP contribution is 1.87. The van der Waals surface area contributed by atoms with Gasteiger partial charge in [0.2, 0.25) is 0 Å². The summed E-state index contributed by atoms with van der Waals surface area (Å²) in [5, 5.41) is 3.06. The van der Waals surface area contributed by atoms with Gasteiger partial charge in [-0.25, -0.2) is 0 Å². The van der Waals surface area contributed by atoms with E-state index in [0.29, 0.717) is 0 Å². The molecule has 0 saturated heterocycles. The van der Waals surface area contributed by atoms with Crippen LogP contribution in [0.1, 0.15) is 5.56 Å². The van der Waals surface area contributed by atoms with Crippen LogP contribution in [0.2, 0.25) is 0 Å². The van der Waals surface area contributed by atoms with Crippen molar-refractivity contribution < 1.29 is 0 Å². The van der Waals surface area contributed by atoms with E-state index in [-0.39, 0.29) is 0 Å². The Morgan fingerprint density at radius 3 is 1.78 bits per heavy atom. The molecule has 0 aromatic heterocycles. The van der Waals surface area contributed by atoms with Crippen LogP contribution >= 0.6 is 0 Å². The molecule has 1 aromatic rings. The fourth-order valence-electron chi connectivity index (χ4n) is 1.20. The van der Waals surface area contributed by atoms with Gasteiger partial charge in [0.15, 0.2) is 0 Å². The molecule has 9 heavy (non-hydrogen) atoms. The van der Waals surface area contributed by atoms with Crippen LogP contribution in [0, 0.1) is 6.92 Å². The summed E-state index contributed by atoms with van der Waals surface area (Å²) in [5.41, 5.74) is 1.42. The minimum Gasteiger partial charge on any atom is -0.0707 e. The Labute approximate surface area is 62.1 Å². The largest absolute Gasteiger partial charge is 0.0707 e. The third kappa shape index (κ3) is 1.80. The first-order valence-corrected chi connectivity index (χ1v) is 5.23. The van der Waals surface area contributed by atoms with Crippen molar-refractivity contribution in [2.45, 2.75) is 6.92 Å². The number of aryl methyl sites for hydroxylation is 1. The SMILES string of the molecule is Cc1cc([SiH3])cc([SiH3])c1. The highest BCUT2D eigenvalue weighted by Gasteiger charge is 1.87. The molecule has 0 unspecified atom stereocenters. The Morgan fingerprint density at radius 2 is 1.44 bits per heavy atom. The number of hydrogen-bond donors (Lipinski definition) is 0. The summed E-state index contributed by atoms with van der Waals surface area (Å²) < 4.78 is 0. The average Bonchev–Trinajstić information content (AvgIpc) is 1.59. The van der Waals surface area contributed by atoms with Gasteiger partial charge in [-0.2, -0.15) is 0 Å². The highest BCUT2D eigenvalue weighted by atomic mass is 28.1. The predicted molar refractivity (Wildman–Crippen MR) is 50.3 cm³/mol. The lowest BCUT2D eigenvalue weighted by Gasteiger charge is -1.97. The third-order valence-corrected chi connectivity index (χ3v) is 2.52. The molecule has 0 saturated carbocycles. The van der Waals surface area contributed by atoms with Crippen molar-refractivity contribution in [3.63, 3.8) is 0 Å². The Kier molecular flexibility index (Phi) is 1.88. The smallest absolute Gasteiger partial charge is 0.0385 e. The highest BCUT2D eigenvalue weighted by molar-refractivity contribution is 6.37. The monoisotopic (exact) mass is 152 g/mol. The van der Waals surface area contributed by atoms with Crippen LogP contribution in [0.4, 0.5) is 0 Å². The van der Waals surface area contributed by atoms with E-state index in [1.54, 1.807) is 0 Å². The van der Waals surface area contributed by atoms with E-state index in [2.05, 4.69) is 25.1 Å². The van der Waals surface area contributed by atoms with E-state index in [1.165, 1.54) is 36.4 Å². The maximum absolute atomic E-state index is 2.31. The van der Waals surface area contributed by atoms with Gasteiger partial charge in [-0.15, -0.1) is 0 Å². The summed E-state index contributed by atoms with van der Waals surface area (Å²) in [6.45, 7) is 2.17. The normalized spacial score (nSPS) is 10.3. The molecule has 0 N–H and O–H groups in total. The van der Waals surface area contributed by atoms with Gasteiger partial charge in [-0.3, -0.25) is 0 Å². The topological polar surface area (TPSA) is 0 Å². The van der Waals surface area contributed by atoms with E-state index in [9.17, 15) is 0 Å². The molecule has 0 atom stereocenters. The molecule has 0 aliphatic heterocycles. The number of benzene rings is 1. The molecular formula is C7H12Si2. The zero-order valence-electron chi connectivity index (χ0n) is 6.23. The molecule has 0 spiro atoms. The summed E-state index contributed by atoms with van der Waals surface area (Å²) in [5.74, 6) is 0. The van der Waals surface area contributed by atoms with Crippen LogP contribution in [0.25, 0.3) is 0 Å². The zero-order valence-corrected chi connectivity index (χ0v) is 10.2. The Hall–Kier alpha value is -0.346. The van der Waals surface area contributed by atoms with Gasteiger partial charge >= 0.3 is 0 Å². The van der Waals surface area contributed by atoms with E-state index < -0.39 is 0 Å². The lowest BCUT2D eigenvalue weighted by Crippen LogP contribution is -2.13. The molecule has 1 aromatic carbocycles. The molecule has 0 fully saturated rings. The molecular weight excluding hydrogens is 140 g/mol. The molecule has 48 valence electrons. The number of hydrogen-bond acceptors (Lipinski definition) is 0. The molecule has 0 nitrogen and oxygen atoms in total. The van der Waals surface area contributed by atoms with E-state index in [1.807, 2.05) is 0 Å². The molecule has 0 heterocycles. The van der Waals surface area contributed by atoms with Crippen LogP contribution in [-0.2, 0) is 0 Å². The second-order valence-electron chi connectivity index (χ2n) is 2.67. The van der Waals surface area contributed by atoms with Gasteiger partial charge in [-0.05, 0) is 6.92 Å². The van der Waals surface area contributed by atoms with Crippen molar-refractivity contribution in [3.8, 4) is 0 Å². The van der Waals surface area contributed by atoms with Crippen LogP contribution in [-0.4, -0.2) is 20.5 Å². The van der Waals surface area contributed by atoms with E-state index >= 15 is 0 Å². The Bertz CT molecular complexity index is 168. The molecule has 0 amide bonds. The van der Waals surface area contributed by atoms with Crippen molar-refractivity contribution in [1.29, 1.82) is 0 Å². The van der Waals surface area contributed by atoms with Gasteiger partial charge in [-0.1, -0.05) is 34.1 Å². The molecule has 0 aliphatic rings. The Balaban J connectivity index is 3.17. The second-order valence-corrected chi connectivity index (χ2v) is 4.97. The van der Waals surface area contributed by atoms with Gasteiger partial charge in [0, 0.05) is 20.5 Å². The lowest BCUT2D eigenvalue weighted by atomic mass is 10.2. The van der Waals surface area contributed by atoms with Gasteiger partial charge < -0.3 is 0 Å². The van der Waals surface area contributed by atoms with Crippen LogP contribution in [0.5, 0.6) is 0 Å². The maximum atomic E-state index is 2.31. The van der Waals surface area contributed by atoms with E-state index in [0.717, 1.165) is 0 Å². The third-order valence-electron chi connectivity index (χ3n) is 1.37. The average molecular weight is 152 g/mol. The van der Waals surface area contributed by atoms with Gasteiger partial charge in [0.05, 0.1) is 0 Å². The first-order valence-electron chi connectivity index (χ1n) is 3.23. The van der Waals surface area contributed by atoms with Gasteiger partial charge in [0.1, 0.15) is 0 Å². The van der Waals surface area contributed by atoms with Crippen molar-refractivity contribution in [2.75, 3.05) is 0 Å². The van der Waals surface area contributed by atoms with Gasteiger partial charge in [0.25, 0.3) is 0 Å². The maximum Gasteiger partial charge on any atom is 0.0385 e. The van der Waals surface area contributed by atoms with Crippen molar-refractivity contribution in [2.24, 2.45) is 0 Å². The fourth-order valence-corrected chi connectivity index (χ4v) is 3.60. The van der Waals surface area contributed by atoms with Crippen molar-refractivity contribution in [1.82, 2.24) is 0 Å². The zero-order chi connectivity index (χ0) is 6.85. The fraction of sp³-hybridized carbons (Fsp3) is 0.143. The summed E-state index contributed by atoms with van der Waals surface area (Å²) in [6.07, 6.45) is 0. The second kappa shape index (κ2) is 2.50. The summed E-state index contributed by atoms with van der Waals surface area (Å²) >= 11 is 0. The molecule has 2 heteroatoms. The quantitative estimate of drug-likeness (QED) is 0.376. The predicted octanol–water partition coefficient (Wildman–Crippen LogP) is -2.02. The summed E-state index contributed by atoms with van der Waals surface area (Å²) in [6, 6.07) is 6.85. The van der Waals surface area contributed by atoms with Crippen LogP contribution in [0.15, 0.2) is 18.2 Å². The molecule has 0 aliphatic carbocycles. The van der Waals surface area contributed by atoms with E-state index in [4.69, 9.17) is 0 Å². The molecule has 0 bridgehead atoms. The van der Waals surface area contributed by atoms with Crippen molar-refractivity contribution in [3.05, 3.63) is 23.8 Å². The minimum atomic E-state index is 1.19. The minimum absolute atomic E-state index is 1.19. The van der Waals surface area contributed by atoms with Crippen molar-refractivity contribution >= 4 is 30.9 Å². The summed E-state index contributed by atoms with van der Waals surface area (Å²) in [7, 11) is 2.39. The first kappa shape index (κ1) is 6.77. The standard InChI is InChI=1S/C7H12Si2/c1-5-2-6(8)4-7(9)3-5/h2-4H,1,8-9H3. The molecule has 1 rings (SSSR count). The first-order chi connectivity index (χ1) is 4.18. The number of rotatable bonds is 0.